The number of nitrogens with zero attached hydrogens (tertiary/aromatic N) is 2. The normalized spacial score (nSPS) is 14.1. The highest BCUT2D eigenvalue weighted by Crippen LogP contribution is 2.66. The average Bonchev–Trinajstić information content (AvgIpc) is 3.54. The van der Waals surface area contributed by atoms with Gasteiger partial charge in [-0.25, -0.2) is 0 Å². The number of fused-ring (bicyclic) bond motifs is 15. The van der Waals surface area contributed by atoms with E-state index in [1.54, 1.807) is 0 Å². The van der Waals surface area contributed by atoms with Crippen LogP contribution in [0.5, 0.6) is 11.5 Å². The van der Waals surface area contributed by atoms with Gasteiger partial charge in [0.15, 0.2) is 0 Å². The van der Waals surface area contributed by atoms with Crippen LogP contribution in [0.4, 0.5) is 34.1 Å². The van der Waals surface area contributed by atoms with E-state index in [0.29, 0.717) is 0 Å². The number of hydrogen-bond donors (Lipinski definition) is 0. The summed E-state index contributed by atoms with van der Waals surface area (Å²) in [6.07, 6.45) is 0. The molecule has 3 aliphatic rings. The first-order valence-corrected chi connectivity index (χ1v) is 18.6. The quantitative estimate of drug-likeness (QED) is 0.180. The number of anilines is 6. The van der Waals surface area contributed by atoms with Gasteiger partial charge >= 0.3 is 0 Å². The summed E-state index contributed by atoms with van der Waals surface area (Å²) in [7, 11) is 0. The Hall–Kier alpha value is -7.10. The van der Waals surface area contributed by atoms with E-state index in [1.807, 2.05) is 0 Å². The number of ether oxygens (including phenoxy) is 1. The van der Waals surface area contributed by atoms with Gasteiger partial charge in [0.1, 0.15) is 11.5 Å². The van der Waals surface area contributed by atoms with Gasteiger partial charge in [0, 0.05) is 33.2 Å². The second-order valence-corrected chi connectivity index (χ2v) is 14.4. The van der Waals surface area contributed by atoms with Crippen molar-refractivity contribution < 1.29 is 4.74 Å². The summed E-state index contributed by atoms with van der Waals surface area (Å²) in [5.41, 5.74) is 13.6. The van der Waals surface area contributed by atoms with Crippen molar-refractivity contribution in [3.63, 3.8) is 0 Å². The lowest BCUT2D eigenvalue weighted by atomic mass is 9.65. The van der Waals surface area contributed by atoms with Crippen molar-refractivity contribution in [2.75, 3.05) is 9.80 Å². The minimum atomic E-state index is -0.621. The van der Waals surface area contributed by atoms with Gasteiger partial charge in [0.2, 0.25) is 0 Å². The molecular formula is C51H32N2O. The van der Waals surface area contributed by atoms with E-state index < -0.39 is 5.41 Å². The van der Waals surface area contributed by atoms with Gasteiger partial charge in [-0.1, -0.05) is 152 Å². The number of benzene rings is 9. The van der Waals surface area contributed by atoms with Crippen LogP contribution in [0.25, 0.3) is 32.7 Å². The summed E-state index contributed by atoms with van der Waals surface area (Å²) in [5, 5.41) is 4.57. The summed E-state index contributed by atoms with van der Waals surface area (Å²) in [6.45, 7) is 0. The summed E-state index contributed by atoms with van der Waals surface area (Å²) in [4.78, 5) is 4.88. The van der Waals surface area contributed by atoms with Crippen LogP contribution in [0.3, 0.4) is 0 Å². The molecule has 54 heavy (non-hydrogen) atoms. The number of para-hydroxylation sites is 5. The van der Waals surface area contributed by atoms with Crippen molar-refractivity contribution in [2.24, 2.45) is 0 Å². The topological polar surface area (TPSA) is 15.7 Å². The van der Waals surface area contributed by atoms with E-state index in [-0.39, 0.29) is 0 Å². The predicted octanol–water partition coefficient (Wildman–Crippen LogP) is 13.7. The van der Waals surface area contributed by atoms with Crippen molar-refractivity contribution in [1.29, 1.82) is 0 Å². The average molecular weight is 689 g/mol. The monoisotopic (exact) mass is 688 g/mol. The maximum absolute atomic E-state index is 7.20. The Balaban J connectivity index is 1.20. The number of hydrogen-bond acceptors (Lipinski definition) is 3. The lowest BCUT2D eigenvalue weighted by Crippen LogP contribution is -2.32. The van der Waals surface area contributed by atoms with Crippen molar-refractivity contribution in [3.05, 3.63) is 216 Å². The molecule has 0 amide bonds. The van der Waals surface area contributed by atoms with Gasteiger partial charge in [0.25, 0.3) is 0 Å². The Morgan fingerprint density at radius 3 is 1.44 bits per heavy atom. The zero-order valence-electron chi connectivity index (χ0n) is 29.3. The molecule has 0 bridgehead atoms. The van der Waals surface area contributed by atoms with Crippen molar-refractivity contribution >= 4 is 55.7 Å². The molecule has 0 aromatic heterocycles. The minimum Gasteiger partial charge on any atom is -0.455 e. The van der Waals surface area contributed by atoms with Gasteiger partial charge in [-0.05, 0) is 69.9 Å². The maximum atomic E-state index is 7.20. The van der Waals surface area contributed by atoms with E-state index in [1.165, 1.54) is 44.2 Å². The van der Waals surface area contributed by atoms with Crippen molar-refractivity contribution in [1.82, 2.24) is 0 Å². The standard InChI is InChI=1S/C51H32N2O/c1-2-17-35(18-3-1)52-43-24-10-12-26-45(43)53(46-27-13-11-25-44(46)52)47-28-14-23-40-48(47)38-21-8-9-22-39(38)51(40)41-31-29-33-15-4-6-19-36(33)49(41)54-50-37-20-7-5-16-34(37)30-32-42(50)51/h1-32H. The highest BCUT2D eigenvalue weighted by atomic mass is 16.5. The summed E-state index contributed by atoms with van der Waals surface area (Å²) in [6, 6.07) is 70.7. The predicted molar refractivity (Wildman–Crippen MR) is 222 cm³/mol. The van der Waals surface area contributed by atoms with Gasteiger partial charge in [-0.15, -0.1) is 0 Å². The minimum absolute atomic E-state index is 0.621. The van der Waals surface area contributed by atoms with Crippen LogP contribution >= 0.6 is 0 Å². The molecule has 1 spiro atoms. The lowest BCUT2D eigenvalue weighted by Gasteiger charge is -2.42. The Bertz CT molecular complexity index is 2870. The third-order valence-corrected chi connectivity index (χ3v) is 11.8. The second kappa shape index (κ2) is 11.0. The van der Waals surface area contributed by atoms with E-state index in [9.17, 15) is 0 Å². The fourth-order valence-electron chi connectivity index (χ4n) is 9.68. The first-order valence-electron chi connectivity index (χ1n) is 18.6. The van der Waals surface area contributed by atoms with Crippen LogP contribution < -0.4 is 14.5 Å². The first kappa shape index (κ1) is 29.5. The Labute approximate surface area is 313 Å². The SMILES string of the molecule is c1ccc(N2c3ccccc3N(c3cccc4c3-c3ccccc3C43c4ccc5ccccc5c4Oc4c3ccc3ccccc43)c3ccccc32)cc1. The summed E-state index contributed by atoms with van der Waals surface area (Å²) >= 11 is 0. The van der Waals surface area contributed by atoms with E-state index >= 15 is 0 Å². The summed E-state index contributed by atoms with van der Waals surface area (Å²) < 4.78 is 7.20. The molecule has 0 N–H and O–H groups in total. The fraction of sp³-hybridized carbons (Fsp3) is 0.0196. The third kappa shape index (κ3) is 3.75. The molecule has 2 heterocycles. The molecule has 0 saturated heterocycles. The Morgan fingerprint density at radius 1 is 0.333 bits per heavy atom. The molecule has 0 fully saturated rings. The number of rotatable bonds is 2. The van der Waals surface area contributed by atoms with E-state index in [2.05, 4.69) is 204 Å². The van der Waals surface area contributed by atoms with Crippen LogP contribution in [0, 0.1) is 0 Å². The molecular weight excluding hydrogens is 657 g/mol. The molecule has 0 saturated carbocycles. The Morgan fingerprint density at radius 2 is 0.815 bits per heavy atom. The van der Waals surface area contributed by atoms with Crippen LogP contribution in [0.2, 0.25) is 0 Å². The van der Waals surface area contributed by atoms with Gasteiger partial charge in [0.05, 0.1) is 33.9 Å². The molecule has 252 valence electrons. The van der Waals surface area contributed by atoms with Crippen molar-refractivity contribution in [3.8, 4) is 22.6 Å². The molecule has 2 aliphatic heterocycles. The lowest BCUT2D eigenvalue weighted by molar-refractivity contribution is 0.447. The highest BCUT2D eigenvalue weighted by Gasteiger charge is 2.53. The van der Waals surface area contributed by atoms with Crippen LogP contribution in [-0.4, -0.2) is 0 Å². The van der Waals surface area contributed by atoms with Gasteiger partial charge in [-0.2, -0.15) is 0 Å². The molecule has 9 aromatic carbocycles. The fourth-order valence-corrected chi connectivity index (χ4v) is 9.68. The molecule has 3 heteroatoms. The van der Waals surface area contributed by atoms with Crippen LogP contribution in [0.1, 0.15) is 22.3 Å². The van der Waals surface area contributed by atoms with Crippen LogP contribution in [0.15, 0.2) is 194 Å². The van der Waals surface area contributed by atoms with E-state index in [4.69, 9.17) is 4.74 Å². The van der Waals surface area contributed by atoms with Crippen molar-refractivity contribution in [2.45, 2.75) is 5.41 Å². The third-order valence-electron chi connectivity index (χ3n) is 11.8. The molecule has 3 nitrogen and oxygen atoms in total. The molecule has 9 aromatic rings. The molecule has 0 radical (unpaired) electrons. The Kier molecular flexibility index (Phi) is 5.98. The zero-order chi connectivity index (χ0) is 35.4. The highest BCUT2D eigenvalue weighted by molar-refractivity contribution is 6.07. The summed E-state index contributed by atoms with van der Waals surface area (Å²) in [5.74, 6) is 1.86. The second-order valence-electron chi connectivity index (χ2n) is 14.4. The molecule has 12 rings (SSSR count). The largest absolute Gasteiger partial charge is 0.455 e. The molecule has 0 atom stereocenters. The van der Waals surface area contributed by atoms with Gasteiger partial charge < -0.3 is 14.5 Å². The maximum Gasteiger partial charge on any atom is 0.140 e. The molecule has 0 unspecified atom stereocenters. The van der Waals surface area contributed by atoms with E-state index in [0.717, 1.165) is 56.4 Å². The zero-order valence-corrected chi connectivity index (χ0v) is 29.3. The molecule has 1 aliphatic carbocycles. The first-order chi connectivity index (χ1) is 26.8. The van der Waals surface area contributed by atoms with Crippen LogP contribution in [-0.2, 0) is 5.41 Å². The van der Waals surface area contributed by atoms with Gasteiger partial charge in [-0.3, -0.25) is 0 Å². The smallest absolute Gasteiger partial charge is 0.140 e.